The molecule has 0 saturated carbocycles. The highest BCUT2D eigenvalue weighted by atomic mass is 32.2. The average molecular weight is 301 g/mol. The van der Waals surface area contributed by atoms with Gasteiger partial charge in [-0.1, -0.05) is 6.92 Å². The quantitative estimate of drug-likeness (QED) is 0.844. The third-order valence-electron chi connectivity index (χ3n) is 4.10. The van der Waals surface area contributed by atoms with Crippen LogP contribution < -0.4 is 0 Å². The molecule has 0 aromatic carbocycles. The van der Waals surface area contributed by atoms with Gasteiger partial charge in [-0.2, -0.15) is 8.75 Å². The van der Waals surface area contributed by atoms with Crippen molar-refractivity contribution in [2.45, 2.75) is 37.1 Å². The lowest BCUT2D eigenvalue weighted by atomic mass is 9.89. The van der Waals surface area contributed by atoms with Crippen LogP contribution in [0.1, 0.15) is 37.8 Å². The van der Waals surface area contributed by atoms with E-state index in [-0.39, 0.29) is 16.7 Å². The molecule has 7 heteroatoms. The fraction of sp³-hybridized carbons (Fsp3) is 0.833. The third-order valence-corrected chi connectivity index (χ3v) is 6.60. The van der Waals surface area contributed by atoms with Crippen molar-refractivity contribution in [3.8, 4) is 0 Å². The highest BCUT2D eigenvalue weighted by Gasteiger charge is 2.37. The minimum atomic E-state index is -3.24. The largest absolute Gasteiger partial charge is 0.302 e. The second-order valence-corrected chi connectivity index (χ2v) is 8.17. The highest BCUT2D eigenvalue weighted by molar-refractivity contribution is 7.91. The Bertz CT molecular complexity index is 543. The number of fused-ring (bicyclic) bond motifs is 2. The maximum atomic E-state index is 12.2. The Morgan fingerprint density at radius 3 is 2.95 bits per heavy atom. The monoisotopic (exact) mass is 301 g/mol. The Morgan fingerprint density at radius 2 is 2.21 bits per heavy atom. The van der Waals surface area contributed by atoms with E-state index in [0.717, 1.165) is 36.9 Å². The maximum Gasteiger partial charge on any atom is 0.198 e. The van der Waals surface area contributed by atoms with Gasteiger partial charge in [0, 0.05) is 19.0 Å². The van der Waals surface area contributed by atoms with Gasteiger partial charge in [0.1, 0.15) is 0 Å². The van der Waals surface area contributed by atoms with Crippen LogP contribution in [0.4, 0.5) is 0 Å². The summed E-state index contributed by atoms with van der Waals surface area (Å²) in [5.74, 6) is 1.13. The second kappa shape index (κ2) is 5.10. The van der Waals surface area contributed by atoms with E-state index < -0.39 is 9.84 Å². The molecule has 2 aliphatic heterocycles. The molecule has 0 amide bonds. The summed E-state index contributed by atoms with van der Waals surface area (Å²) in [5, 5.41) is 0.256. The number of hydrogen-bond donors (Lipinski definition) is 0. The summed E-state index contributed by atoms with van der Waals surface area (Å²) < 4.78 is 32.8. The Hall–Kier alpha value is -0.530. The van der Waals surface area contributed by atoms with Gasteiger partial charge in [-0.25, -0.2) is 8.42 Å². The standard InChI is InChI=1S/C12H19N3O2S2/c1-2-5-19(16,17)12-11(13-18-14-12)10-6-9-3-4-15(7-9)8-10/h9-10H,2-8H2,1H3/t9-,10?/m0/s1. The van der Waals surface area contributed by atoms with Crippen molar-refractivity contribution in [2.75, 3.05) is 25.4 Å². The van der Waals surface area contributed by atoms with Crippen LogP contribution in [-0.2, 0) is 9.84 Å². The first kappa shape index (κ1) is 13.5. The number of sulfone groups is 1. The van der Waals surface area contributed by atoms with Gasteiger partial charge in [0.05, 0.1) is 23.2 Å². The fourth-order valence-electron chi connectivity index (χ4n) is 3.28. The second-order valence-electron chi connectivity index (χ2n) is 5.62. The van der Waals surface area contributed by atoms with E-state index in [9.17, 15) is 8.42 Å². The summed E-state index contributed by atoms with van der Waals surface area (Å²) in [6.45, 7) is 5.14. The molecule has 2 aliphatic rings. The van der Waals surface area contributed by atoms with E-state index in [0.29, 0.717) is 12.3 Å². The van der Waals surface area contributed by atoms with E-state index in [1.807, 2.05) is 6.92 Å². The van der Waals surface area contributed by atoms with Gasteiger partial charge in [-0.3, -0.25) is 0 Å². The minimum absolute atomic E-state index is 0.172. The predicted octanol–water partition coefficient (Wildman–Crippen LogP) is 1.53. The number of rotatable bonds is 4. The summed E-state index contributed by atoms with van der Waals surface area (Å²) in [6.07, 6.45) is 2.93. The molecule has 0 N–H and O–H groups in total. The van der Waals surface area contributed by atoms with Gasteiger partial charge < -0.3 is 4.90 Å². The van der Waals surface area contributed by atoms with E-state index in [4.69, 9.17) is 0 Å². The van der Waals surface area contributed by atoms with Crippen molar-refractivity contribution in [1.82, 2.24) is 13.6 Å². The molecular formula is C12H19N3O2S2. The first-order valence-electron chi connectivity index (χ1n) is 6.87. The van der Waals surface area contributed by atoms with E-state index in [1.165, 1.54) is 13.0 Å². The smallest absolute Gasteiger partial charge is 0.198 e. The molecule has 2 fully saturated rings. The van der Waals surface area contributed by atoms with Crippen molar-refractivity contribution in [2.24, 2.45) is 5.92 Å². The molecule has 3 rings (SSSR count). The molecule has 2 unspecified atom stereocenters. The zero-order valence-corrected chi connectivity index (χ0v) is 12.7. The van der Waals surface area contributed by atoms with E-state index >= 15 is 0 Å². The summed E-state index contributed by atoms with van der Waals surface area (Å²) >= 11 is 1.04. The normalized spacial score (nSPS) is 30.7. The van der Waals surface area contributed by atoms with Gasteiger partial charge in [-0.05, 0) is 31.7 Å². The Kier molecular flexibility index (Phi) is 3.61. The third kappa shape index (κ3) is 2.55. The van der Waals surface area contributed by atoms with Crippen molar-refractivity contribution >= 4 is 21.6 Å². The van der Waals surface area contributed by atoms with Crippen LogP contribution in [0.15, 0.2) is 5.03 Å². The average Bonchev–Trinajstić information content (AvgIpc) is 2.96. The zero-order chi connectivity index (χ0) is 13.5. The molecule has 1 aromatic heterocycles. The molecule has 106 valence electrons. The van der Waals surface area contributed by atoms with Crippen LogP contribution in [-0.4, -0.2) is 47.5 Å². The van der Waals surface area contributed by atoms with Crippen LogP contribution in [0, 0.1) is 5.92 Å². The number of nitrogens with zero attached hydrogens (tertiary/aromatic N) is 3. The molecule has 2 saturated heterocycles. The number of aromatic nitrogens is 2. The number of piperidine rings is 1. The molecule has 1 aromatic rings. The highest BCUT2D eigenvalue weighted by Crippen LogP contribution is 2.37. The van der Waals surface area contributed by atoms with Gasteiger partial charge in [0.15, 0.2) is 14.9 Å². The summed E-state index contributed by atoms with van der Waals surface area (Å²) in [7, 11) is -3.24. The Labute approximate surface area is 118 Å². The topological polar surface area (TPSA) is 63.2 Å². The maximum absolute atomic E-state index is 12.2. The lowest BCUT2D eigenvalue weighted by Gasteiger charge is -2.29. The Balaban J connectivity index is 1.88. The van der Waals surface area contributed by atoms with Gasteiger partial charge in [0.25, 0.3) is 0 Å². The van der Waals surface area contributed by atoms with Crippen molar-refractivity contribution in [3.63, 3.8) is 0 Å². The predicted molar refractivity (Wildman–Crippen MR) is 74.2 cm³/mol. The number of hydrogen-bond acceptors (Lipinski definition) is 6. The molecule has 0 aliphatic carbocycles. The van der Waals surface area contributed by atoms with Gasteiger partial charge >= 0.3 is 0 Å². The van der Waals surface area contributed by atoms with Crippen molar-refractivity contribution in [3.05, 3.63) is 5.69 Å². The minimum Gasteiger partial charge on any atom is -0.302 e. The fourth-order valence-corrected chi connectivity index (χ4v) is 5.68. The molecule has 3 heterocycles. The molecule has 2 bridgehead atoms. The van der Waals surface area contributed by atoms with Gasteiger partial charge in [0.2, 0.25) is 0 Å². The summed E-state index contributed by atoms with van der Waals surface area (Å²) in [4.78, 5) is 2.42. The molecule has 19 heavy (non-hydrogen) atoms. The molecule has 3 atom stereocenters. The van der Waals surface area contributed by atoms with Crippen molar-refractivity contribution < 1.29 is 8.42 Å². The molecule has 0 spiro atoms. The van der Waals surface area contributed by atoms with Crippen LogP contribution >= 0.6 is 11.7 Å². The van der Waals surface area contributed by atoms with Gasteiger partial charge in [-0.15, -0.1) is 0 Å². The molecule has 0 radical (unpaired) electrons. The van der Waals surface area contributed by atoms with E-state index in [2.05, 4.69) is 13.6 Å². The molecular weight excluding hydrogens is 282 g/mol. The lowest BCUT2D eigenvalue weighted by Crippen LogP contribution is -2.32. The molecule has 5 nitrogen and oxygen atoms in total. The van der Waals surface area contributed by atoms with E-state index in [1.54, 1.807) is 0 Å². The lowest BCUT2D eigenvalue weighted by molar-refractivity contribution is 0.239. The first-order chi connectivity index (χ1) is 9.10. The first-order valence-corrected chi connectivity index (χ1v) is 9.26. The summed E-state index contributed by atoms with van der Waals surface area (Å²) in [6, 6.07) is 0. The SMILES string of the molecule is CCCS(=O)(=O)c1nsnc1C1C[C@@H]2CCN(C1)C2. The van der Waals surface area contributed by atoms with Crippen LogP contribution in [0.2, 0.25) is 0 Å². The summed E-state index contributed by atoms with van der Waals surface area (Å²) in [5.41, 5.74) is 0.732. The zero-order valence-electron chi connectivity index (χ0n) is 11.1. The van der Waals surface area contributed by atoms with Crippen LogP contribution in [0.3, 0.4) is 0 Å². The van der Waals surface area contributed by atoms with Crippen molar-refractivity contribution in [1.29, 1.82) is 0 Å². The Morgan fingerprint density at radius 1 is 1.37 bits per heavy atom. The van der Waals surface area contributed by atoms with Crippen LogP contribution in [0.25, 0.3) is 0 Å². The van der Waals surface area contributed by atoms with Crippen LogP contribution in [0.5, 0.6) is 0 Å².